The van der Waals surface area contributed by atoms with Crippen LogP contribution >= 0.6 is 11.3 Å². The van der Waals surface area contributed by atoms with E-state index in [4.69, 9.17) is 4.74 Å². The van der Waals surface area contributed by atoms with Crippen molar-refractivity contribution in [3.8, 4) is 16.9 Å². The maximum Gasteiger partial charge on any atom is 0.573 e. The van der Waals surface area contributed by atoms with E-state index in [1.807, 2.05) is 0 Å². The summed E-state index contributed by atoms with van der Waals surface area (Å²) in [6.45, 7) is 0. The smallest absolute Gasteiger partial charge is 0.469 e. The van der Waals surface area contributed by atoms with Crippen molar-refractivity contribution in [1.29, 1.82) is 0 Å². The van der Waals surface area contributed by atoms with Gasteiger partial charge in [-0.15, -0.1) is 24.5 Å². The van der Waals surface area contributed by atoms with Gasteiger partial charge in [0.05, 0.1) is 12.0 Å². The van der Waals surface area contributed by atoms with E-state index >= 15 is 0 Å². The molecule has 1 aliphatic rings. The van der Waals surface area contributed by atoms with Crippen LogP contribution in [0.3, 0.4) is 0 Å². The van der Waals surface area contributed by atoms with Crippen molar-refractivity contribution in [2.75, 3.05) is 7.11 Å². The lowest BCUT2D eigenvalue weighted by Gasteiger charge is -2.29. The summed E-state index contributed by atoms with van der Waals surface area (Å²) in [6, 6.07) is 7.34. The van der Waals surface area contributed by atoms with Crippen LogP contribution in [0, 0.1) is 5.92 Å². The van der Waals surface area contributed by atoms with Gasteiger partial charge in [-0.1, -0.05) is 25.0 Å². The van der Waals surface area contributed by atoms with Crippen LogP contribution in [-0.4, -0.2) is 31.4 Å². The van der Waals surface area contributed by atoms with Gasteiger partial charge >= 0.3 is 12.3 Å². The molecular formula is C22H24F3NO4S. The fourth-order valence-corrected chi connectivity index (χ4v) is 4.64. The predicted octanol–water partition coefficient (Wildman–Crippen LogP) is 5.56. The maximum atomic E-state index is 12.7. The van der Waals surface area contributed by atoms with Crippen LogP contribution < -0.4 is 10.1 Å². The van der Waals surface area contributed by atoms with Crippen LogP contribution in [0.1, 0.15) is 48.2 Å². The first-order valence-corrected chi connectivity index (χ1v) is 10.9. The van der Waals surface area contributed by atoms with Gasteiger partial charge in [0.15, 0.2) is 0 Å². The number of ether oxygens (including phenoxy) is 2. The Labute approximate surface area is 182 Å². The van der Waals surface area contributed by atoms with E-state index in [0.29, 0.717) is 22.8 Å². The Morgan fingerprint density at radius 2 is 1.90 bits per heavy atom. The topological polar surface area (TPSA) is 64.6 Å². The highest BCUT2D eigenvalue weighted by Gasteiger charge is 2.31. The molecule has 2 atom stereocenters. The molecule has 5 nitrogen and oxygen atoms in total. The van der Waals surface area contributed by atoms with Crippen molar-refractivity contribution in [1.82, 2.24) is 5.32 Å². The highest BCUT2D eigenvalue weighted by atomic mass is 32.1. The lowest BCUT2D eigenvalue weighted by molar-refractivity contribution is -0.274. The molecule has 9 heteroatoms. The number of rotatable bonds is 7. The van der Waals surface area contributed by atoms with Gasteiger partial charge in [-0.2, -0.15) is 0 Å². The minimum absolute atomic E-state index is 0.0632. The molecule has 168 valence electrons. The molecule has 0 spiro atoms. The SMILES string of the molecule is COC(=O)CC[C@@H]1CCCC(NC(=O)c2cc(-c3ccc(OC(F)(F)F)cc3)cs2)C1. The largest absolute Gasteiger partial charge is 0.573 e. The molecule has 1 N–H and O–H groups in total. The van der Waals surface area contributed by atoms with Crippen LogP contribution in [0.15, 0.2) is 35.7 Å². The van der Waals surface area contributed by atoms with E-state index in [1.165, 1.54) is 42.7 Å². The Kier molecular flexibility index (Phi) is 7.59. The van der Waals surface area contributed by atoms with E-state index in [9.17, 15) is 22.8 Å². The van der Waals surface area contributed by atoms with Crippen molar-refractivity contribution in [3.05, 3.63) is 40.6 Å². The molecule has 1 aliphatic carbocycles. The second kappa shape index (κ2) is 10.2. The van der Waals surface area contributed by atoms with E-state index in [2.05, 4.69) is 10.1 Å². The Morgan fingerprint density at radius 1 is 1.16 bits per heavy atom. The average Bonchev–Trinajstić information content (AvgIpc) is 3.22. The summed E-state index contributed by atoms with van der Waals surface area (Å²) in [5, 5.41) is 4.88. The summed E-state index contributed by atoms with van der Waals surface area (Å²) < 4.78 is 45.4. The number of carbonyl (C=O) groups is 2. The fraction of sp³-hybridized carbons (Fsp3) is 0.455. The number of nitrogens with one attached hydrogen (secondary N) is 1. The molecular weight excluding hydrogens is 431 g/mol. The summed E-state index contributed by atoms with van der Waals surface area (Å²) in [4.78, 5) is 24.6. The van der Waals surface area contributed by atoms with Crippen molar-refractivity contribution in [3.63, 3.8) is 0 Å². The standard InChI is InChI=1S/C22H24F3NO4S/c1-29-20(27)10-5-14-3-2-4-17(11-14)26-21(28)19-12-16(13-31-19)15-6-8-18(9-7-15)30-22(23,24)25/h6-9,12-14,17H,2-5,10-11H2,1H3,(H,26,28)/t14-,17?/m0/s1. The molecule has 0 radical (unpaired) electrons. The molecule has 3 rings (SSSR count). The molecule has 0 bridgehead atoms. The molecule has 1 saturated carbocycles. The molecule has 1 amide bonds. The molecule has 0 saturated heterocycles. The molecule has 1 fully saturated rings. The first-order valence-electron chi connectivity index (χ1n) is 10.1. The van der Waals surface area contributed by atoms with Gasteiger partial charge in [0.25, 0.3) is 5.91 Å². The van der Waals surface area contributed by atoms with E-state index in [0.717, 1.165) is 37.7 Å². The lowest BCUT2D eigenvalue weighted by atomic mass is 9.83. The molecule has 1 heterocycles. The third-order valence-electron chi connectivity index (χ3n) is 5.35. The number of hydrogen-bond donors (Lipinski definition) is 1. The van der Waals surface area contributed by atoms with Crippen LogP contribution in [0.2, 0.25) is 0 Å². The molecule has 1 unspecified atom stereocenters. The number of amides is 1. The molecule has 1 aromatic carbocycles. The number of alkyl halides is 3. The number of halogens is 3. The summed E-state index contributed by atoms with van der Waals surface area (Å²) >= 11 is 1.29. The fourth-order valence-electron chi connectivity index (χ4n) is 3.82. The lowest BCUT2D eigenvalue weighted by Crippen LogP contribution is -2.38. The number of esters is 1. The van der Waals surface area contributed by atoms with Gasteiger partial charge in [-0.3, -0.25) is 9.59 Å². The van der Waals surface area contributed by atoms with Gasteiger partial charge in [0, 0.05) is 12.5 Å². The zero-order valence-electron chi connectivity index (χ0n) is 17.0. The number of carbonyl (C=O) groups excluding carboxylic acids is 2. The number of thiophene rings is 1. The Hall–Kier alpha value is -2.55. The number of benzene rings is 1. The summed E-state index contributed by atoms with van der Waals surface area (Å²) in [6.07, 6.45) is 0.201. The van der Waals surface area contributed by atoms with E-state index < -0.39 is 6.36 Å². The minimum Gasteiger partial charge on any atom is -0.469 e. The quantitative estimate of drug-likeness (QED) is 0.556. The van der Waals surface area contributed by atoms with Gasteiger partial charge in [0.2, 0.25) is 0 Å². The normalized spacial score (nSPS) is 19.0. The molecule has 1 aromatic heterocycles. The van der Waals surface area contributed by atoms with Crippen LogP contribution in [0.25, 0.3) is 11.1 Å². The van der Waals surface area contributed by atoms with Gasteiger partial charge in [-0.05, 0) is 59.9 Å². The predicted molar refractivity (Wildman–Crippen MR) is 111 cm³/mol. The maximum absolute atomic E-state index is 12.7. The summed E-state index contributed by atoms with van der Waals surface area (Å²) in [5.41, 5.74) is 1.46. The monoisotopic (exact) mass is 455 g/mol. The zero-order valence-corrected chi connectivity index (χ0v) is 17.9. The number of methoxy groups -OCH3 is 1. The molecule has 0 aliphatic heterocycles. The highest BCUT2D eigenvalue weighted by molar-refractivity contribution is 7.12. The first-order chi connectivity index (χ1) is 14.7. The molecule has 2 aromatic rings. The van der Waals surface area contributed by atoms with Gasteiger partial charge in [0.1, 0.15) is 5.75 Å². The van der Waals surface area contributed by atoms with E-state index in [-0.39, 0.29) is 23.7 Å². The van der Waals surface area contributed by atoms with Crippen molar-refractivity contribution in [2.24, 2.45) is 5.92 Å². The van der Waals surface area contributed by atoms with Crippen molar-refractivity contribution in [2.45, 2.75) is 50.9 Å². The van der Waals surface area contributed by atoms with Crippen LogP contribution in [-0.2, 0) is 9.53 Å². The second-order valence-electron chi connectivity index (χ2n) is 7.59. The van der Waals surface area contributed by atoms with E-state index in [1.54, 1.807) is 11.4 Å². The zero-order chi connectivity index (χ0) is 22.4. The minimum atomic E-state index is -4.73. The summed E-state index contributed by atoms with van der Waals surface area (Å²) in [7, 11) is 1.38. The van der Waals surface area contributed by atoms with Gasteiger partial charge < -0.3 is 14.8 Å². The summed E-state index contributed by atoms with van der Waals surface area (Å²) in [5.74, 6) is -0.278. The molecule has 31 heavy (non-hydrogen) atoms. The Bertz CT molecular complexity index is 895. The Balaban J connectivity index is 1.55. The van der Waals surface area contributed by atoms with Crippen molar-refractivity contribution < 1.29 is 32.2 Å². The highest BCUT2D eigenvalue weighted by Crippen LogP contribution is 2.31. The Morgan fingerprint density at radius 3 is 2.58 bits per heavy atom. The van der Waals surface area contributed by atoms with Crippen molar-refractivity contribution >= 4 is 23.2 Å². The first kappa shape index (κ1) is 23.1. The van der Waals surface area contributed by atoms with Gasteiger partial charge in [-0.25, -0.2) is 0 Å². The average molecular weight is 455 g/mol. The second-order valence-corrected chi connectivity index (χ2v) is 8.50. The van der Waals surface area contributed by atoms with Crippen LogP contribution in [0.4, 0.5) is 13.2 Å². The third-order valence-corrected chi connectivity index (χ3v) is 6.28. The van der Waals surface area contributed by atoms with Crippen LogP contribution in [0.5, 0.6) is 5.75 Å². The number of hydrogen-bond acceptors (Lipinski definition) is 5. The third kappa shape index (κ3) is 6.99.